The smallest absolute Gasteiger partial charge is 0.137 e. The third-order valence-corrected chi connectivity index (χ3v) is 3.83. The van der Waals surface area contributed by atoms with Crippen LogP contribution in [0.5, 0.6) is 0 Å². The van der Waals surface area contributed by atoms with Gasteiger partial charge in [-0.05, 0) is 28.1 Å². The van der Waals surface area contributed by atoms with Gasteiger partial charge in [-0.15, -0.1) is 0 Å². The highest BCUT2D eigenvalue weighted by atomic mass is 79.9. The van der Waals surface area contributed by atoms with Crippen molar-refractivity contribution in [3.8, 4) is 0 Å². The van der Waals surface area contributed by atoms with E-state index in [2.05, 4.69) is 20.9 Å². The second-order valence-electron chi connectivity index (χ2n) is 3.70. The highest BCUT2D eigenvalue weighted by molar-refractivity contribution is 9.10. The van der Waals surface area contributed by atoms with E-state index in [0.717, 1.165) is 21.6 Å². The average Bonchev–Trinajstić information content (AvgIpc) is 2.70. The largest absolute Gasteiger partial charge is 0.394 e. The lowest BCUT2D eigenvalue weighted by molar-refractivity contribution is 0.113. The van der Waals surface area contributed by atoms with E-state index in [1.165, 1.54) is 0 Å². The zero-order chi connectivity index (χ0) is 12.3. The molecular weight excluding hydrogens is 304 g/mol. The fourth-order valence-electron chi connectivity index (χ4n) is 1.44. The van der Waals surface area contributed by atoms with Crippen molar-refractivity contribution in [1.82, 2.24) is 9.38 Å². The molecule has 0 saturated heterocycles. The number of aromatic nitrogens is 2. The highest BCUT2D eigenvalue weighted by Crippen LogP contribution is 2.16. The lowest BCUT2D eigenvalue weighted by atomic mass is 10.4. The second kappa shape index (κ2) is 5.86. The van der Waals surface area contributed by atoms with Gasteiger partial charge in [0.05, 0.1) is 18.4 Å². The van der Waals surface area contributed by atoms with Crippen molar-refractivity contribution in [2.45, 2.75) is 11.9 Å². The summed E-state index contributed by atoms with van der Waals surface area (Å²) in [4.78, 5) is 4.45. The Balaban J connectivity index is 1.99. The Kier molecular flexibility index (Phi) is 4.44. The number of hydrogen-bond acceptors (Lipinski definition) is 4. The van der Waals surface area contributed by atoms with Crippen molar-refractivity contribution in [3.63, 3.8) is 0 Å². The van der Waals surface area contributed by atoms with Crippen LogP contribution in [-0.4, -0.2) is 38.1 Å². The van der Waals surface area contributed by atoms with Crippen LogP contribution in [0.3, 0.4) is 0 Å². The van der Waals surface area contributed by atoms with Gasteiger partial charge in [0, 0.05) is 28.4 Å². The minimum absolute atomic E-state index is 0.189. The van der Waals surface area contributed by atoms with E-state index in [-0.39, 0.29) is 6.61 Å². The molecule has 0 aliphatic carbocycles. The standard InChI is InChI=1S/C11H13BrN2O2S/c12-8-1-2-11-13-9(4-14(11)3-8)6-17-7-10(16)5-15/h1-4,10,15-16H,5-7H2. The molecular formula is C11H13BrN2O2S. The second-order valence-corrected chi connectivity index (χ2v) is 5.64. The van der Waals surface area contributed by atoms with E-state index < -0.39 is 6.10 Å². The van der Waals surface area contributed by atoms with Gasteiger partial charge in [0.2, 0.25) is 0 Å². The fraction of sp³-hybridized carbons (Fsp3) is 0.364. The van der Waals surface area contributed by atoms with Crippen LogP contribution in [0.4, 0.5) is 0 Å². The van der Waals surface area contributed by atoms with Crippen LogP contribution in [0.2, 0.25) is 0 Å². The van der Waals surface area contributed by atoms with E-state index in [1.54, 1.807) is 11.8 Å². The minimum atomic E-state index is -0.647. The molecule has 17 heavy (non-hydrogen) atoms. The van der Waals surface area contributed by atoms with Crippen LogP contribution in [0.15, 0.2) is 29.0 Å². The molecule has 1 unspecified atom stereocenters. The zero-order valence-corrected chi connectivity index (χ0v) is 11.5. The predicted molar refractivity (Wildman–Crippen MR) is 72.1 cm³/mol. The molecule has 2 rings (SSSR count). The summed E-state index contributed by atoms with van der Waals surface area (Å²) in [6.45, 7) is -0.189. The molecule has 4 nitrogen and oxygen atoms in total. The molecule has 0 bridgehead atoms. The first-order valence-electron chi connectivity index (χ1n) is 5.19. The predicted octanol–water partition coefficient (Wildman–Crippen LogP) is 1.68. The first-order valence-corrected chi connectivity index (χ1v) is 7.13. The Labute approximate surface area is 112 Å². The Morgan fingerprint density at radius 2 is 2.24 bits per heavy atom. The number of imidazole rings is 1. The van der Waals surface area contributed by atoms with Crippen LogP contribution in [0.1, 0.15) is 5.69 Å². The molecule has 0 aliphatic rings. The molecule has 2 aromatic rings. The van der Waals surface area contributed by atoms with Crippen LogP contribution in [-0.2, 0) is 5.75 Å². The van der Waals surface area contributed by atoms with Crippen molar-refractivity contribution in [3.05, 3.63) is 34.7 Å². The van der Waals surface area contributed by atoms with Crippen molar-refractivity contribution < 1.29 is 10.2 Å². The third-order valence-electron chi connectivity index (χ3n) is 2.24. The lowest BCUT2D eigenvalue weighted by Crippen LogP contribution is -2.14. The number of halogens is 1. The van der Waals surface area contributed by atoms with E-state index in [4.69, 9.17) is 5.11 Å². The molecule has 0 aromatic carbocycles. The van der Waals surface area contributed by atoms with Crippen LogP contribution < -0.4 is 0 Å². The number of pyridine rings is 1. The molecule has 2 heterocycles. The quantitative estimate of drug-likeness (QED) is 0.881. The first-order chi connectivity index (χ1) is 8.19. The number of thioether (sulfide) groups is 1. The molecule has 2 aromatic heterocycles. The molecule has 0 saturated carbocycles. The number of hydrogen-bond donors (Lipinski definition) is 2. The van der Waals surface area contributed by atoms with Gasteiger partial charge in [-0.1, -0.05) is 0 Å². The van der Waals surface area contributed by atoms with Gasteiger partial charge in [-0.25, -0.2) is 4.98 Å². The van der Waals surface area contributed by atoms with Crippen molar-refractivity contribution in [1.29, 1.82) is 0 Å². The van der Waals surface area contributed by atoms with Crippen LogP contribution in [0.25, 0.3) is 5.65 Å². The molecule has 0 spiro atoms. The zero-order valence-electron chi connectivity index (χ0n) is 9.08. The van der Waals surface area contributed by atoms with E-state index in [9.17, 15) is 5.11 Å². The topological polar surface area (TPSA) is 57.8 Å². The number of rotatable bonds is 5. The van der Waals surface area contributed by atoms with Crippen LogP contribution in [0, 0.1) is 0 Å². The number of fused-ring (bicyclic) bond motifs is 1. The van der Waals surface area contributed by atoms with E-state index in [1.807, 2.05) is 28.9 Å². The van der Waals surface area contributed by atoms with E-state index in [0.29, 0.717) is 5.75 Å². The SMILES string of the molecule is OCC(O)CSCc1cn2cc(Br)ccc2n1. The molecule has 0 fully saturated rings. The van der Waals surface area contributed by atoms with Gasteiger partial charge in [-0.3, -0.25) is 0 Å². The lowest BCUT2D eigenvalue weighted by Gasteiger charge is -2.04. The molecule has 1 atom stereocenters. The van der Waals surface area contributed by atoms with Crippen molar-refractivity contribution in [2.75, 3.05) is 12.4 Å². The monoisotopic (exact) mass is 316 g/mol. The maximum atomic E-state index is 9.21. The minimum Gasteiger partial charge on any atom is -0.394 e. The van der Waals surface area contributed by atoms with Gasteiger partial charge in [0.25, 0.3) is 0 Å². The maximum absolute atomic E-state index is 9.21. The molecule has 6 heteroatoms. The van der Waals surface area contributed by atoms with Crippen molar-refractivity contribution in [2.24, 2.45) is 0 Å². The summed E-state index contributed by atoms with van der Waals surface area (Å²) in [7, 11) is 0. The molecule has 0 amide bonds. The highest BCUT2D eigenvalue weighted by Gasteiger charge is 2.05. The molecule has 2 N–H and O–H groups in total. The van der Waals surface area contributed by atoms with Crippen molar-refractivity contribution >= 4 is 33.3 Å². The summed E-state index contributed by atoms with van der Waals surface area (Å²) in [5, 5.41) is 17.9. The maximum Gasteiger partial charge on any atom is 0.137 e. The Bertz CT molecular complexity index is 503. The molecule has 0 radical (unpaired) electrons. The summed E-state index contributed by atoms with van der Waals surface area (Å²) in [5.74, 6) is 1.25. The first kappa shape index (κ1) is 12.9. The average molecular weight is 317 g/mol. The van der Waals surface area contributed by atoms with Gasteiger partial charge < -0.3 is 14.6 Å². The number of nitrogens with zero attached hydrogens (tertiary/aromatic N) is 2. The number of aliphatic hydroxyl groups is 2. The van der Waals surface area contributed by atoms with Gasteiger partial charge in [0.1, 0.15) is 5.65 Å². The van der Waals surface area contributed by atoms with Gasteiger partial charge in [0.15, 0.2) is 0 Å². The Morgan fingerprint density at radius 1 is 1.41 bits per heavy atom. The van der Waals surface area contributed by atoms with Gasteiger partial charge >= 0.3 is 0 Å². The summed E-state index contributed by atoms with van der Waals surface area (Å²) in [6, 6.07) is 3.90. The summed E-state index contributed by atoms with van der Waals surface area (Å²) in [6.07, 6.45) is 3.28. The fourth-order valence-corrected chi connectivity index (χ4v) is 2.64. The Morgan fingerprint density at radius 3 is 3.00 bits per heavy atom. The number of aliphatic hydroxyl groups excluding tert-OH is 2. The van der Waals surface area contributed by atoms with Gasteiger partial charge in [-0.2, -0.15) is 11.8 Å². The molecule has 92 valence electrons. The van der Waals surface area contributed by atoms with E-state index >= 15 is 0 Å². The Hall–Kier alpha value is -0.560. The summed E-state index contributed by atoms with van der Waals surface area (Å²) < 4.78 is 2.97. The molecule has 0 aliphatic heterocycles. The van der Waals surface area contributed by atoms with Crippen LogP contribution >= 0.6 is 27.7 Å². The summed E-state index contributed by atoms with van der Waals surface area (Å²) in [5.41, 5.74) is 1.88. The normalized spacial score (nSPS) is 13.1. The summed E-state index contributed by atoms with van der Waals surface area (Å²) >= 11 is 4.97. The third kappa shape index (κ3) is 3.45.